The summed E-state index contributed by atoms with van der Waals surface area (Å²) < 4.78 is 33.6. The van der Waals surface area contributed by atoms with Crippen LogP contribution in [0.1, 0.15) is 39.2 Å². The Balaban J connectivity index is 2.05. The molecule has 166 valence electrons. The second-order valence-corrected chi connectivity index (χ2v) is 10.1. The summed E-state index contributed by atoms with van der Waals surface area (Å²) in [5.41, 5.74) is 0.443. The third-order valence-electron chi connectivity index (χ3n) is 5.78. The third kappa shape index (κ3) is 4.22. The van der Waals surface area contributed by atoms with Crippen LogP contribution in [-0.2, 0) is 19.6 Å². The molecule has 0 saturated carbocycles. The van der Waals surface area contributed by atoms with Crippen molar-refractivity contribution in [3.63, 3.8) is 0 Å². The number of ether oxygens (including phenoxy) is 1. The number of sulfonamides is 1. The van der Waals surface area contributed by atoms with Crippen LogP contribution in [0.15, 0.2) is 53.4 Å². The van der Waals surface area contributed by atoms with Gasteiger partial charge in [-0.05, 0) is 63.6 Å². The lowest BCUT2D eigenvalue weighted by Gasteiger charge is -2.39. The topological polar surface area (TPSA) is 84.0 Å². The van der Waals surface area contributed by atoms with Crippen molar-refractivity contribution in [2.75, 3.05) is 12.0 Å². The summed E-state index contributed by atoms with van der Waals surface area (Å²) in [5.74, 6) is -0.390. The van der Waals surface area contributed by atoms with Gasteiger partial charge in [-0.1, -0.05) is 24.6 Å². The number of rotatable bonds is 7. The molecular weight excluding hydrogens is 416 g/mol. The maximum atomic E-state index is 13.6. The standard InChI is InChI=1S/C23H28N2O5S/c1-6-23(3,4)25(31(28,29)19-13-7-16(2)8-14-19)20-15-21(26)24(22(20)27)17-9-11-18(30-5)12-10-17/h7-14,20H,6,15H2,1-5H3. The first-order chi connectivity index (χ1) is 14.5. The molecule has 0 aromatic heterocycles. The smallest absolute Gasteiger partial charge is 0.252 e. The van der Waals surface area contributed by atoms with Gasteiger partial charge in [-0.2, -0.15) is 4.31 Å². The van der Waals surface area contributed by atoms with Gasteiger partial charge in [0.05, 0.1) is 24.1 Å². The van der Waals surface area contributed by atoms with E-state index < -0.39 is 33.4 Å². The molecule has 2 aromatic rings. The molecule has 31 heavy (non-hydrogen) atoms. The summed E-state index contributed by atoms with van der Waals surface area (Å²) in [5, 5.41) is 0. The molecule has 0 aliphatic carbocycles. The summed E-state index contributed by atoms with van der Waals surface area (Å²) >= 11 is 0. The zero-order valence-corrected chi connectivity index (χ0v) is 19.3. The first kappa shape index (κ1) is 23.0. The quantitative estimate of drug-likeness (QED) is 0.610. The number of anilines is 1. The molecule has 1 atom stereocenters. The summed E-state index contributed by atoms with van der Waals surface area (Å²) in [6.45, 7) is 7.27. The van der Waals surface area contributed by atoms with Crippen molar-refractivity contribution >= 4 is 27.5 Å². The Hall–Kier alpha value is -2.71. The van der Waals surface area contributed by atoms with E-state index in [1.54, 1.807) is 50.2 Å². The minimum atomic E-state index is -4.03. The van der Waals surface area contributed by atoms with Crippen LogP contribution in [0.3, 0.4) is 0 Å². The van der Waals surface area contributed by atoms with Crippen molar-refractivity contribution in [3.8, 4) is 5.75 Å². The molecule has 7 nitrogen and oxygen atoms in total. The van der Waals surface area contributed by atoms with E-state index in [4.69, 9.17) is 4.74 Å². The Kier molecular flexibility index (Phi) is 6.25. The number of carbonyl (C=O) groups excluding carboxylic acids is 2. The minimum absolute atomic E-state index is 0.0998. The van der Waals surface area contributed by atoms with Crippen molar-refractivity contribution < 1.29 is 22.7 Å². The number of carbonyl (C=O) groups is 2. The van der Waals surface area contributed by atoms with Gasteiger partial charge in [0.1, 0.15) is 11.8 Å². The van der Waals surface area contributed by atoms with E-state index in [9.17, 15) is 18.0 Å². The zero-order chi connectivity index (χ0) is 23.0. The van der Waals surface area contributed by atoms with Gasteiger partial charge in [-0.15, -0.1) is 0 Å². The Bertz CT molecular complexity index is 1080. The number of amides is 2. The summed E-state index contributed by atoms with van der Waals surface area (Å²) in [6, 6.07) is 11.9. The van der Waals surface area contributed by atoms with Crippen LogP contribution in [0, 0.1) is 6.92 Å². The van der Waals surface area contributed by atoms with Crippen LogP contribution in [0.4, 0.5) is 5.69 Å². The monoisotopic (exact) mass is 444 g/mol. The molecule has 1 unspecified atom stereocenters. The summed E-state index contributed by atoms with van der Waals surface area (Å²) in [6.07, 6.45) is 0.262. The molecule has 1 fully saturated rings. The highest BCUT2D eigenvalue weighted by molar-refractivity contribution is 7.89. The van der Waals surface area contributed by atoms with E-state index in [1.165, 1.54) is 23.5 Å². The van der Waals surface area contributed by atoms with Crippen LogP contribution in [0.2, 0.25) is 0 Å². The Morgan fingerprint density at radius 2 is 1.65 bits per heavy atom. The number of aryl methyl sites for hydroxylation is 1. The number of hydrogen-bond acceptors (Lipinski definition) is 5. The highest BCUT2D eigenvalue weighted by Crippen LogP contribution is 2.36. The van der Waals surface area contributed by atoms with Gasteiger partial charge in [-0.25, -0.2) is 13.3 Å². The fraction of sp³-hybridized carbons (Fsp3) is 0.391. The lowest BCUT2D eigenvalue weighted by atomic mass is 10.00. The van der Waals surface area contributed by atoms with Crippen molar-refractivity contribution in [1.29, 1.82) is 0 Å². The average Bonchev–Trinajstić information content (AvgIpc) is 3.01. The first-order valence-corrected chi connectivity index (χ1v) is 11.6. The van der Waals surface area contributed by atoms with Gasteiger partial charge in [0.25, 0.3) is 5.91 Å². The predicted molar refractivity (Wildman–Crippen MR) is 118 cm³/mol. The van der Waals surface area contributed by atoms with Gasteiger partial charge in [0.2, 0.25) is 15.9 Å². The third-order valence-corrected chi connectivity index (χ3v) is 7.91. The normalized spacial score (nSPS) is 17.5. The zero-order valence-electron chi connectivity index (χ0n) is 18.5. The average molecular weight is 445 g/mol. The molecule has 1 aliphatic heterocycles. The van der Waals surface area contributed by atoms with E-state index >= 15 is 0 Å². The lowest BCUT2D eigenvalue weighted by Crippen LogP contribution is -2.55. The van der Waals surface area contributed by atoms with E-state index in [-0.39, 0.29) is 11.3 Å². The molecule has 0 N–H and O–H groups in total. The second-order valence-electron chi connectivity index (χ2n) is 8.27. The van der Waals surface area contributed by atoms with Crippen molar-refractivity contribution in [2.45, 2.75) is 57.0 Å². The van der Waals surface area contributed by atoms with Crippen LogP contribution in [0.25, 0.3) is 0 Å². The Morgan fingerprint density at radius 3 is 2.16 bits per heavy atom. The van der Waals surface area contributed by atoms with Crippen molar-refractivity contribution in [3.05, 3.63) is 54.1 Å². The van der Waals surface area contributed by atoms with Gasteiger partial charge in [0.15, 0.2) is 0 Å². The van der Waals surface area contributed by atoms with Gasteiger partial charge < -0.3 is 4.74 Å². The van der Waals surface area contributed by atoms with E-state index in [0.717, 1.165) is 10.5 Å². The highest BCUT2D eigenvalue weighted by atomic mass is 32.2. The van der Waals surface area contributed by atoms with Crippen LogP contribution in [-0.4, -0.2) is 43.2 Å². The number of hydrogen-bond donors (Lipinski definition) is 0. The molecule has 0 bridgehead atoms. The van der Waals surface area contributed by atoms with Gasteiger partial charge in [-0.3, -0.25) is 9.59 Å². The Morgan fingerprint density at radius 1 is 1.06 bits per heavy atom. The SMILES string of the molecule is CCC(C)(C)N(C1CC(=O)N(c2ccc(OC)cc2)C1=O)S(=O)(=O)c1ccc(C)cc1. The van der Waals surface area contributed by atoms with Crippen molar-refractivity contribution in [1.82, 2.24) is 4.31 Å². The van der Waals surface area contributed by atoms with E-state index in [2.05, 4.69) is 0 Å². The molecule has 8 heteroatoms. The fourth-order valence-corrected chi connectivity index (χ4v) is 5.68. The van der Waals surface area contributed by atoms with E-state index in [0.29, 0.717) is 17.9 Å². The molecule has 1 saturated heterocycles. The molecule has 3 rings (SSSR count). The molecule has 0 spiro atoms. The number of benzene rings is 2. The summed E-state index contributed by atoms with van der Waals surface area (Å²) in [4.78, 5) is 27.4. The number of nitrogens with zero attached hydrogens (tertiary/aromatic N) is 2. The molecular formula is C23H28N2O5S. The summed E-state index contributed by atoms with van der Waals surface area (Å²) in [7, 11) is -2.50. The van der Waals surface area contributed by atoms with Gasteiger partial charge in [0, 0.05) is 5.54 Å². The lowest BCUT2D eigenvalue weighted by molar-refractivity contribution is -0.122. The highest BCUT2D eigenvalue weighted by Gasteiger charge is 2.51. The maximum absolute atomic E-state index is 13.6. The largest absolute Gasteiger partial charge is 0.497 e. The maximum Gasteiger partial charge on any atom is 0.252 e. The molecule has 1 aliphatic rings. The minimum Gasteiger partial charge on any atom is -0.497 e. The molecule has 2 aromatic carbocycles. The van der Waals surface area contributed by atoms with E-state index in [1.807, 2.05) is 13.8 Å². The van der Waals surface area contributed by atoms with Gasteiger partial charge >= 0.3 is 0 Å². The Labute approximate surface area is 183 Å². The fourth-order valence-electron chi connectivity index (χ4n) is 3.70. The van der Waals surface area contributed by atoms with Crippen molar-refractivity contribution in [2.24, 2.45) is 0 Å². The molecule has 2 amide bonds. The molecule has 1 heterocycles. The van der Waals surface area contributed by atoms with Crippen LogP contribution in [0.5, 0.6) is 5.75 Å². The second kappa shape index (κ2) is 8.43. The van der Waals surface area contributed by atoms with Crippen LogP contribution < -0.4 is 9.64 Å². The predicted octanol–water partition coefficient (Wildman–Crippen LogP) is 3.52. The van der Waals surface area contributed by atoms with Crippen LogP contribution >= 0.6 is 0 Å². The number of imide groups is 1. The number of methoxy groups -OCH3 is 1. The molecule has 0 radical (unpaired) electrons. The first-order valence-electron chi connectivity index (χ1n) is 10.1.